The van der Waals surface area contributed by atoms with E-state index in [1.807, 2.05) is 36.4 Å². The standard InChI is InChI=1S/C14H13NO3S/c16-9-13-7-6-12(19-13)8-15-14(17)18-10-11-4-2-1-3-5-11/h1-7,9H,8,10H2,(H,15,17). The molecule has 1 aromatic carbocycles. The predicted octanol–water partition coefficient (Wildman–Crippen LogP) is 2.99. The number of alkyl carbamates (subject to hydrolysis) is 1. The molecule has 2 aromatic rings. The zero-order valence-electron chi connectivity index (χ0n) is 10.2. The van der Waals surface area contributed by atoms with E-state index in [9.17, 15) is 9.59 Å². The first kappa shape index (κ1) is 13.3. The van der Waals surface area contributed by atoms with Gasteiger partial charge in [-0.2, -0.15) is 0 Å². The second kappa shape index (κ2) is 6.70. The lowest BCUT2D eigenvalue weighted by Gasteiger charge is -2.05. The Morgan fingerprint density at radius 2 is 2.00 bits per heavy atom. The molecule has 0 aliphatic rings. The van der Waals surface area contributed by atoms with Crippen molar-refractivity contribution in [2.75, 3.05) is 0 Å². The minimum Gasteiger partial charge on any atom is -0.445 e. The van der Waals surface area contributed by atoms with Crippen molar-refractivity contribution in [1.29, 1.82) is 0 Å². The molecule has 0 aliphatic carbocycles. The van der Waals surface area contributed by atoms with E-state index in [0.717, 1.165) is 16.7 Å². The van der Waals surface area contributed by atoms with Crippen molar-refractivity contribution in [3.63, 3.8) is 0 Å². The minimum absolute atomic E-state index is 0.247. The van der Waals surface area contributed by atoms with Crippen LogP contribution in [0.1, 0.15) is 20.1 Å². The summed E-state index contributed by atoms with van der Waals surface area (Å²) in [6.45, 7) is 0.614. The largest absolute Gasteiger partial charge is 0.445 e. The molecule has 1 N–H and O–H groups in total. The Morgan fingerprint density at radius 1 is 1.21 bits per heavy atom. The smallest absolute Gasteiger partial charge is 0.407 e. The van der Waals surface area contributed by atoms with Crippen LogP contribution in [0.25, 0.3) is 0 Å². The van der Waals surface area contributed by atoms with E-state index >= 15 is 0 Å². The maximum Gasteiger partial charge on any atom is 0.407 e. The highest BCUT2D eigenvalue weighted by Crippen LogP contribution is 2.13. The normalized spacial score (nSPS) is 9.89. The van der Waals surface area contributed by atoms with Gasteiger partial charge in [0.1, 0.15) is 6.61 Å². The number of aldehydes is 1. The fourth-order valence-electron chi connectivity index (χ4n) is 1.49. The maximum atomic E-state index is 11.5. The molecule has 19 heavy (non-hydrogen) atoms. The molecule has 0 atom stereocenters. The third-order valence-corrected chi connectivity index (χ3v) is 3.43. The van der Waals surface area contributed by atoms with Gasteiger partial charge in [0, 0.05) is 4.88 Å². The van der Waals surface area contributed by atoms with Crippen LogP contribution in [0.4, 0.5) is 4.79 Å². The Morgan fingerprint density at radius 3 is 2.68 bits per heavy atom. The first-order valence-corrected chi connectivity index (χ1v) is 6.58. The Kier molecular flexibility index (Phi) is 4.69. The summed E-state index contributed by atoms with van der Waals surface area (Å²) in [6, 6.07) is 13.0. The molecule has 4 nitrogen and oxygen atoms in total. The molecule has 0 saturated carbocycles. The average molecular weight is 275 g/mol. The van der Waals surface area contributed by atoms with Crippen LogP contribution in [0, 0.1) is 0 Å². The third-order valence-electron chi connectivity index (χ3n) is 2.42. The van der Waals surface area contributed by atoms with Crippen molar-refractivity contribution in [3.05, 3.63) is 57.8 Å². The van der Waals surface area contributed by atoms with Crippen molar-refractivity contribution < 1.29 is 14.3 Å². The van der Waals surface area contributed by atoms with Gasteiger partial charge in [-0.25, -0.2) is 4.79 Å². The summed E-state index contributed by atoms with van der Waals surface area (Å²) in [7, 11) is 0. The molecule has 0 bridgehead atoms. The molecule has 98 valence electrons. The predicted molar refractivity (Wildman–Crippen MR) is 73.2 cm³/mol. The van der Waals surface area contributed by atoms with Gasteiger partial charge < -0.3 is 10.1 Å². The highest BCUT2D eigenvalue weighted by atomic mass is 32.1. The third kappa shape index (κ3) is 4.22. The summed E-state index contributed by atoms with van der Waals surface area (Å²) < 4.78 is 5.07. The fraction of sp³-hybridized carbons (Fsp3) is 0.143. The molecule has 1 heterocycles. The topological polar surface area (TPSA) is 55.4 Å². The molecule has 0 spiro atoms. The van der Waals surface area contributed by atoms with E-state index < -0.39 is 6.09 Å². The molecule has 0 fully saturated rings. The van der Waals surface area contributed by atoms with Crippen LogP contribution < -0.4 is 5.32 Å². The lowest BCUT2D eigenvalue weighted by atomic mass is 10.2. The number of rotatable bonds is 5. The van der Waals surface area contributed by atoms with Crippen molar-refractivity contribution in [2.24, 2.45) is 0 Å². The second-order valence-electron chi connectivity index (χ2n) is 3.84. The average Bonchev–Trinajstić information content (AvgIpc) is 2.92. The lowest BCUT2D eigenvalue weighted by Crippen LogP contribution is -2.23. The van der Waals surface area contributed by atoms with E-state index in [4.69, 9.17) is 4.74 Å². The maximum absolute atomic E-state index is 11.5. The van der Waals surface area contributed by atoms with Gasteiger partial charge in [0.25, 0.3) is 0 Å². The molecule has 0 saturated heterocycles. The van der Waals surface area contributed by atoms with E-state index in [2.05, 4.69) is 5.32 Å². The highest BCUT2D eigenvalue weighted by molar-refractivity contribution is 7.13. The van der Waals surface area contributed by atoms with Crippen molar-refractivity contribution in [2.45, 2.75) is 13.2 Å². The number of nitrogens with one attached hydrogen (secondary N) is 1. The van der Waals surface area contributed by atoms with Gasteiger partial charge in [0.15, 0.2) is 6.29 Å². The van der Waals surface area contributed by atoms with E-state index in [0.29, 0.717) is 11.4 Å². The number of carbonyl (C=O) groups is 2. The second-order valence-corrected chi connectivity index (χ2v) is 5.04. The van der Waals surface area contributed by atoms with Crippen molar-refractivity contribution >= 4 is 23.7 Å². The van der Waals surface area contributed by atoms with Gasteiger partial charge in [0.2, 0.25) is 0 Å². The van der Waals surface area contributed by atoms with Crippen LogP contribution in [0.2, 0.25) is 0 Å². The molecule has 5 heteroatoms. The molecule has 0 unspecified atom stereocenters. The van der Waals surface area contributed by atoms with Gasteiger partial charge in [-0.3, -0.25) is 4.79 Å². The molecule has 2 rings (SSSR count). The van der Waals surface area contributed by atoms with Crippen LogP contribution in [-0.2, 0) is 17.9 Å². The van der Waals surface area contributed by atoms with Gasteiger partial charge in [-0.1, -0.05) is 30.3 Å². The summed E-state index contributed by atoms with van der Waals surface area (Å²) >= 11 is 1.35. The summed E-state index contributed by atoms with van der Waals surface area (Å²) in [6.07, 6.45) is 0.326. The highest BCUT2D eigenvalue weighted by Gasteiger charge is 2.04. The quantitative estimate of drug-likeness (QED) is 0.853. The zero-order valence-corrected chi connectivity index (χ0v) is 11.0. The van der Waals surface area contributed by atoms with Crippen LogP contribution in [-0.4, -0.2) is 12.4 Å². The Bertz CT molecular complexity index is 551. The summed E-state index contributed by atoms with van der Waals surface area (Å²) in [5, 5.41) is 2.64. The monoisotopic (exact) mass is 275 g/mol. The van der Waals surface area contributed by atoms with Gasteiger partial charge in [-0.05, 0) is 17.7 Å². The first-order valence-electron chi connectivity index (χ1n) is 5.76. The number of thiophene rings is 1. The number of ether oxygens (including phenoxy) is 1. The van der Waals surface area contributed by atoms with Crippen molar-refractivity contribution in [3.8, 4) is 0 Å². The molecular formula is C14H13NO3S. The van der Waals surface area contributed by atoms with Crippen LogP contribution in [0.3, 0.4) is 0 Å². The Labute approximate surface area is 115 Å². The zero-order chi connectivity index (χ0) is 13.5. The molecular weight excluding hydrogens is 262 g/mol. The number of amides is 1. The Hall–Kier alpha value is -2.14. The van der Waals surface area contributed by atoms with Gasteiger partial charge in [0.05, 0.1) is 11.4 Å². The molecule has 1 aromatic heterocycles. The SMILES string of the molecule is O=Cc1ccc(CNC(=O)OCc2ccccc2)s1. The van der Waals surface area contributed by atoms with Crippen molar-refractivity contribution in [1.82, 2.24) is 5.32 Å². The lowest BCUT2D eigenvalue weighted by molar-refractivity contribution is 0.112. The molecule has 0 radical (unpaired) electrons. The number of hydrogen-bond acceptors (Lipinski definition) is 4. The summed E-state index contributed by atoms with van der Waals surface area (Å²) in [5.41, 5.74) is 0.942. The fourth-order valence-corrected chi connectivity index (χ4v) is 2.25. The number of benzene rings is 1. The van der Waals surface area contributed by atoms with E-state index in [1.54, 1.807) is 6.07 Å². The van der Waals surface area contributed by atoms with E-state index in [1.165, 1.54) is 11.3 Å². The number of carbonyl (C=O) groups excluding carboxylic acids is 2. The van der Waals surface area contributed by atoms with Gasteiger partial charge >= 0.3 is 6.09 Å². The minimum atomic E-state index is -0.468. The van der Waals surface area contributed by atoms with Crippen LogP contribution >= 0.6 is 11.3 Å². The first-order chi connectivity index (χ1) is 9.28. The summed E-state index contributed by atoms with van der Waals surface area (Å²) in [5.74, 6) is 0. The summed E-state index contributed by atoms with van der Waals surface area (Å²) in [4.78, 5) is 23.5. The van der Waals surface area contributed by atoms with E-state index in [-0.39, 0.29) is 6.61 Å². The van der Waals surface area contributed by atoms with Crippen LogP contribution in [0.5, 0.6) is 0 Å². The molecule has 0 aliphatic heterocycles. The Balaban J connectivity index is 1.74. The van der Waals surface area contributed by atoms with Crippen LogP contribution in [0.15, 0.2) is 42.5 Å². The number of hydrogen-bond donors (Lipinski definition) is 1. The molecule has 1 amide bonds. The van der Waals surface area contributed by atoms with Gasteiger partial charge in [-0.15, -0.1) is 11.3 Å².